The van der Waals surface area contributed by atoms with Crippen molar-refractivity contribution in [1.82, 2.24) is 14.9 Å². The Morgan fingerprint density at radius 3 is 2.68 bits per heavy atom. The lowest BCUT2D eigenvalue weighted by molar-refractivity contribution is -0.117. The van der Waals surface area contributed by atoms with Crippen molar-refractivity contribution in [1.29, 1.82) is 0 Å². The van der Waals surface area contributed by atoms with Gasteiger partial charge in [0.25, 0.3) is 5.56 Å². The second-order valence-electron chi connectivity index (χ2n) is 6.97. The van der Waals surface area contributed by atoms with Crippen LogP contribution < -0.4 is 10.9 Å². The van der Waals surface area contributed by atoms with Gasteiger partial charge in [0.15, 0.2) is 5.16 Å². The number of fused-ring (bicyclic) bond motifs is 1. The number of aromatic nitrogens is 2. The summed E-state index contributed by atoms with van der Waals surface area (Å²) >= 11 is 7.14. The molecule has 9 heteroatoms. The smallest absolute Gasteiger partial charge is 0.413 e. The van der Waals surface area contributed by atoms with Crippen LogP contribution in [-0.2, 0) is 9.53 Å². The van der Waals surface area contributed by atoms with Crippen molar-refractivity contribution in [2.75, 3.05) is 12.4 Å². The second-order valence-corrected chi connectivity index (χ2v) is 8.35. The fourth-order valence-electron chi connectivity index (χ4n) is 3.07. The molecule has 1 heterocycles. The van der Waals surface area contributed by atoms with Gasteiger partial charge < -0.3 is 4.74 Å². The summed E-state index contributed by atoms with van der Waals surface area (Å²) in [7, 11) is 0. The predicted octanol–water partition coefficient (Wildman–Crippen LogP) is 4.53. The number of carbonyl (C=O) groups excluding carboxylic acids is 2. The Balaban J connectivity index is 2.09. The quantitative estimate of drug-likeness (QED) is 0.430. The molecule has 0 aliphatic heterocycles. The summed E-state index contributed by atoms with van der Waals surface area (Å²) in [6.45, 7) is 5.88. The number of hydrogen-bond acceptors (Lipinski definition) is 6. The molecule has 7 nitrogen and oxygen atoms in total. The minimum absolute atomic E-state index is 0.124. The molecule has 0 saturated heterocycles. The molecule has 0 fully saturated rings. The molecule has 0 aliphatic carbocycles. The first-order chi connectivity index (χ1) is 14.8. The van der Waals surface area contributed by atoms with Crippen molar-refractivity contribution in [3.63, 3.8) is 0 Å². The first kappa shape index (κ1) is 22.8. The molecular weight excluding hydrogens is 438 g/mol. The summed E-state index contributed by atoms with van der Waals surface area (Å²) in [4.78, 5) is 41.7. The fraction of sp³-hybridized carbons (Fsp3) is 0.273. The second kappa shape index (κ2) is 9.98. The SMILES string of the molecule is CCOC(=O)NC(=O)CSc1nc2cc(Cl)ccc2c(=O)n1-c1ccccc1C(C)C. The van der Waals surface area contributed by atoms with Crippen LogP contribution in [0.2, 0.25) is 5.02 Å². The van der Waals surface area contributed by atoms with Crippen molar-refractivity contribution >= 4 is 46.3 Å². The summed E-state index contributed by atoms with van der Waals surface area (Å²) in [6.07, 6.45) is -0.811. The molecule has 2 aromatic carbocycles. The van der Waals surface area contributed by atoms with E-state index in [9.17, 15) is 14.4 Å². The lowest BCUT2D eigenvalue weighted by atomic mass is 10.0. The Hall–Kier alpha value is -2.84. The third kappa shape index (κ3) is 5.26. The zero-order valence-corrected chi connectivity index (χ0v) is 18.9. The van der Waals surface area contributed by atoms with Crippen molar-refractivity contribution in [2.45, 2.75) is 31.8 Å². The van der Waals surface area contributed by atoms with E-state index in [0.29, 0.717) is 26.8 Å². The molecule has 2 amide bonds. The molecule has 0 saturated carbocycles. The van der Waals surface area contributed by atoms with Gasteiger partial charge in [-0.3, -0.25) is 19.5 Å². The highest BCUT2D eigenvalue weighted by Crippen LogP contribution is 2.27. The maximum atomic E-state index is 13.4. The molecule has 3 rings (SSSR count). The van der Waals surface area contributed by atoms with Crippen LogP contribution in [0, 0.1) is 0 Å². The van der Waals surface area contributed by atoms with Crippen LogP contribution in [0.5, 0.6) is 0 Å². The number of amides is 2. The Labute approximate surface area is 188 Å². The Morgan fingerprint density at radius 2 is 1.97 bits per heavy atom. The van der Waals surface area contributed by atoms with Crippen molar-refractivity contribution in [3.8, 4) is 5.69 Å². The molecule has 0 atom stereocenters. The van der Waals surface area contributed by atoms with Crippen LogP contribution in [0.3, 0.4) is 0 Å². The molecule has 0 spiro atoms. The molecule has 0 bridgehead atoms. The monoisotopic (exact) mass is 459 g/mol. The minimum atomic E-state index is -0.811. The third-order valence-corrected chi connectivity index (χ3v) is 5.62. The van der Waals surface area contributed by atoms with Gasteiger partial charge in [-0.1, -0.05) is 55.4 Å². The van der Waals surface area contributed by atoms with E-state index in [0.717, 1.165) is 17.3 Å². The average Bonchev–Trinajstić information content (AvgIpc) is 2.72. The Bertz CT molecular complexity index is 1190. The van der Waals surface area contributed by atoms with Crippen molar-refractivity contribution < 1.29 is 14.3 Å². The van der Waals surface area contributed by atoms with Gasteiger partial charge >= 0.3 is 6.09 Å². The summed E-state index contributed by atoms with van der Waals surface area (Å²) in [5.41, 5.74) is 1.84. The van der Waals surface area contributed by atoms with Crippen LogP contribution in [0.15, 0.2) is 52.4 Å². The number of rotatable bonds is 6. The number of alkyl carbamates (subject to hydrolysis) is 1. The first-order valence-corrected chi connectivity index (χ1v) is 11.1. The van der Waals surface area contributed by atoms with Gasteiger partial charge in [-0.05, 0) is 42.7 Å². The number of para-hydroxylation sites is 1. The van der Waals surface area contributed by atoms with E-state index in [1.54, 1.807) is 25.1 Å². The molecule has 1 aromatic heterocycles. The standard InChI is InChI=1S/C22H22ClN3O4S/c1-4-30-22(29)25-19(27)12-31-21-24-17-11-14(23)9-10-16(17)20(28)26(21)18-8-6-5-7-15(18)13(2)3/h5-11,13H,4,12H2,1-3H3,(H,25,27,29). The van der Waals surface area contributed by atoms with E-state index >= 15 is 0 Å². The highest BCUT2D eigenvalue weighted by Gasteiger charge is 2.19. The van der Waals surface area contributed by atoms with Crippen molar-refractivity contribution in [3.05, 3.63) is 63.4 Å². The summed E-state index contributed by atoms with van der Waals surface area (Å²) in [5, 5.41) is 3.34. The fourth-order valence-corrected chi connectivity index (χ4v) is 4.05. The zero-order chi connectivity index (χ0) is 22.5. The molecular formula is C22H22ClN3O4S. The number of benzene rings is 2. The normalized spacial score (nSPS) is 11.0. The van der Waals surface area contributed by atoms with E-state index in [1.165, 1.54) is 4.57 Å². The van der Waals surface area contributed by atoms with Crippen LogP contribution in [-0.4, -0.2) is 33.9 Å². The number of thioether (sulfide) groups is 1. The van der Waals surface area contributed by atoms with Crippen molar-refractivity contribution in [2.24, 2.45) is 0 Å². The van der Waals surface area contributed by atoms with Gasteiger partial charge in [0.1, 0.15) is 0 Å². The molecule has 3 aromatic rings. The van der Waals surface area contributed by atoms with Gasteiger partial charge in [-0.15, -0.1) is 0 Å². The van der Waals surface area contributed by atoms with Crippen LogP contribution in [0.25, 0.3) is 16.6 Å². The zero-order valence-electron chi connectivity index (χ0n) is 17.3. The number of halogens is 1. The summed E-state index contributed by atoms with van der Waals surface area (Å²) in [5.74, 6) is -0.511. The van der Waals surface area contributed by atoms with Crippen LogP contribution >= 0.6 is 23.4 Å². The number of ether oxygens (including phenoxy) is 1. The van der Waals surface area contributed by atoms with E-state index < -0.39 is 12.0 Å². The van der Waals surface area contributed by atoms with Crippen LogP contribution in [0.4, 0.5) is 4.79 Å². The van der Waals surface area contributed by atoms with Gasteiger partial charge in [-0.25, -0.2) is 9.78 Å². The Kier molecular flexibility index (Phi) is 7.35. The van der Waals surface area contributed by atoms with E-state index in [4.69, 9.17) is 16.3 Å². The van der Waals surface area contributed by atoms with Gasteiger partial charge in [-0.2, -0.15) is 0 Å². The molecule has 31 heavy (non-hydrogen) atoms. The van der Waals surface area contributed by atoms with E-state index in [2.05, 4.69) is 10.3 Å². The molecule has 0 unspecified atom stereocenters. The number of imide groups is 1. The predicted molar refractivity (Wildman–Crippen MR) is 122 cm³/mol. The largest absolute Gasteiger partial charge is 0.450 e. The minimum Gasteiger partial charge on any atom is -0.450 e. The number of nitrogens with one attached hydrogen (secondary N) is 1. The number of nitrogens with zero attached hydrogens (tertiary/aromatic N) is 2. The van der Waals surface area contributed by atoms with E-state index in [-0.39, 0.29) is 23.8 Å². The molecule has 0 radical (unpaired) electrons. The highest BCUT2D eigenvalue weighted by molar-refractivity contribution is 7.99. The summed E-state index contributed by atoms with van der Waals surface area (Å²) in [6, 6.07) is 12.5. The first-order valence-electron chi connectivity index (χ1n) is 9.72. The maximum Gasteiger partial charge on any atom is 0.413 e. The van der Waals surface area contributed by atoms with Gasteiger partial charge in [0.05, 0.1) is 29.0 Å². The van der Waals surface area contributed by atoms with Gasteiger partial charge in [0.2, 0.25) is 5.91 Å². The van der Waals surface area contributed by atoms with Crippen LogP contribution in [0.1, 0.15) is 32.3 Å². The lowest BCUT2D eigenvalue weighted by Crippen LogP contribution is -2.32. The topological polar surface area (TPSA) is 90.3 Å². The lowest BCUT2D eigenvalue weighted by Gasteiger charge is -2.18. The molecule has 1 N–H and O–H groups in total. The maximum absolute atomic E-state index is 13.4. The molecule has 0 aliphatic rings. The molecule has 162 valence electrons. The van der Waals surface area contributed by atoms with Gasteiger partial charge in [0, 0.05) is 5.02 Å². The number of hydrogen-bond donors (Lipinski definition) is 1. The average molecular weight is 460 g/mol. The number of carbonyl (C=O) groups is 2. The third-order valence-electron chi connectivity index (χ3n) is 4.45. The Morgan fingerprint density at radius 1 is 1.23 bits per heavy atom. The van der Waals surface area contributed by atoms with E-state index in [1.807, 2.05) is 38.1 Å². The summed E-state index contributed by atoms with van der Waals surface area (Å²) < 4.78 is 6.23. The highest BCUT2D eigenvalue weighted by atomic mass is 35.5.